The van der Waals surface area contributed by atoms with Crippen LogP contribution in [0.1, 0.15) is 32.4 Å². The summed E-state index contributed by atoms with van der Waals surface area (Å²) in [5.41, 5.74) is 2.14. The number of halogens is 1. The van der Waals surface area contributed by atoms with Crippen LogP contribution in [0, 0.1) is 11.2 Å². The molecule has 4 nitrogen and oxygen atoms in total. The van der Waals surface area contributed by atoms with Gasteiger partial charge in [0.2, 0.25) is 5.91 Å². The third-order valence-corrected chi connectivity index (χ3v) is 3.41. The van der Waals surface area contributed by atoms with Crippen molar-refractivity contribution in [2.24, 2.45) is 11.3 Å². The fourth-order valence-electron chi connectivity index (χ4n) is 2.08. The van der Waals surface area contributed by atoms with E-state index in [0.717, 1.165) is 0 Å². The lowest BCUT2D eigenvalue weighted by Crippen LogP contribution is -2.47. The van der Waals surface area contributed by atoms with Crippen LogP contribution < -0.4 is 11.3 Å². The number of nitrogens with two attached hydrogens (primary N) is 1. The minimum atomic E-state index is -0.636. The summed E-state index contributed by atoms with van der Waals surface area (Å²) in [6.45, 7) is 6.00. The van der Waals surface area contributed by atoms with E-state index in [1.165, 1.54) is 6.07 Å². The summed E-state index contributed by atoms with van der Waals surface area (Å²) in [6, 6.07) is 6.55. The number of rotatable bonds is 5. The highest BCUT2D eigenvalue weighted by atomic mass is 19.1. The number of benzene rings is 1. The van der Waals surface area contributed by atoms with Gasteiger partial charge in [-0.3, -0.25) is 15.1 Å². The summed E-state index contributed by atoms with van der Waals surface area (Å²) in [4.78, 5) is 13.6. The van der Waals surface area contributed by atoms with E-state index in [0.29, 0.717) is 12.1 Å². The number of carbonyl (C=O) groups excluding carboxylic acids is 1. The van der Waals surface area contributed by atoms with E-state index in [1.54, 1.807) is 32.0 Å². The lowest BCUT2D eigenvalue weighted by molar-refractivity contribution is -0.130. The van der Waals surface area contributed by atoms with Crippen molar-refractivity contribution < 1.29 is 9.18 Å². The fraction of sp³-hybridized carbons (Fsp3) is 0.500. The van der Waals surface area contributed by atoms with Gasteiger partial charge in [-0.05, 0) is 33.9 Å². The first-order valence-electron chi connectivity index (χ1n) is 6.25. The molecule has 0 aliphatic carbocycles. The number of hydrazine groups is 1. The third-order valence-electron chi connectivity index (χ3n) is 3.41. The van der Waals surface area contributed by atoms with Crippen molar-refractivity contribution in [3.05, 3.63) is 35.6 Å². The molecule has 0 aliphatic rings. The van der Waals surface area contributed by atoms with Gasteiger partial charge in [-0.15, -0.1) is 0 Å². The Hall–Kier alpha value is -1.46. The Morgan fingerprint density at radius 3 is 2.58 bits per heavy atom. The molecule has 0 radical (unpaired) electrons. The number of amides is 1. The van der Waals surface area contributed by atoms with E-state index in [-0.39, 0.29) is 17.8 Å². The average molecular weight is 267 g/mol. The highest BCUT2D eigenvalue weighted by Crippen LogP contribution is 2.25. The number of nitrogens with zero attached hydrogens (tertiary/aromatic N) is 1. The van der Waals surface area contributed by atoms with E-state index in [9.17, 15) is 9.18 Å². The van der Waals surface area contributed by atoms with Crippen molar-refractivity contribution in [2.75, 3.05) is 13.6 Å². The zero-order valence-electron chi connectivity index (χ0n) is 11.9. The number of carbonyl (C=O) groups is 1. The second kappa shape index (κ2) is 6.12. The molecule has 0 heterocycles. The molecule has 0 spiro atoms. The maximum absolute atomic E-state index is 13.7. The Morgan fingerprint density at radius 2 is 2.05 bits per heavy atom. The van der Waals surface area contributed by atoms with Gasteiger partial charge < -0.3 is 0 Å². The highest BCUT2D eigenvalue weighted by Gasteiger charge is 2.30. The first-order valence-corrected chi connectivity index (χ1v) is 6.25. The fourth-order valence-corrected chi connectivity index (χ4v) is 2.08. The van der Waals surface area contributed by atoms with E-state index in [4.69, 9.17) is 5.84 Å². The van der Waals surface area contributed by atoms with Gasteiger partial charge in [-0.1, -0.05) is 18.2 Å². The second-order valence-corrected chi connectivity index (χ2v) is 5.47. The summed E-state index contributed by atoms with van der Waals surface area (Å²) in [6.07, 6.45) is 0. The molecule has 1 amide bonds. The van der Waals surface area contributed by atoms with Gasteiger partial charge in [-0.2, -0.15) is 0 Å². The lowest BCUT2D eigenvalue weighted by atomic mass is 9.91. The molecule has 0 saturated heterocycles. The van der Waals surface area contributed by atoms with Gasteiger partial charge in [0, 0.05) is 18.2 Å². The zero-order valence-corrected chi connectivity index (χ0v) is 11.9. The van der Waals surface area contributed by atoms with Crippen LogP contribution in [0.15, 0.2) is 24.3 Å². The van der Waals surface area contributed by atoms with E-state index < -0.39 is 5.41 Å². The maximum Gasteiger partial charge on any atom is 0.240 e. The molecule has 0 saturated carbocycles. The van der Waals surface area contributed by atoms with Crippen molar-refractivity contribution in [1.29, 1.82) is 0 Å². The van der Waals surface area contributed by atoms with Crippen LogP contribution in [-0.4, -0.2) is 24.4 Å². The lowest BCUT2D eigenvalue weighted by Gasteiger charge is -2.32. The van der Waals surface area contributed by atoms with Gasteiger partial charge >= 0.3 is 0 Å². The second-order valence-electron chi connectivity index (χ2n) is 5.47. The van der Waals surface area contributed by atoms with Crippen molar-refractivity contribution in [1.82, 2.24) is 10.3 Å². The smallest absolute Gasteiger partial charge is 0.240 e. The minimum absolute atomic E-state index is 0.119. The molecule has 1 unspecified atom stereocenters. The first kappa shape index (κ1) is 15.6. The van der Waals surface area contributed by atoms with Crippen LogP contribution in [0.25, 0.3) is 0 Å². The number of hydrogen-bond donors (Lipinski definition) is 2. The van der Waals surface area contributed by atoms with Crippen molar-refractivity contribution in [3.8, 4) is 0 Å². The van der Waals surface area contributed by atoms with Crippen LogP contribution in [0.3, 0.4) is 0 Å². The van der Waals surface area contributed by atoms with Crippen LogP contribution in [0.4, 0.5) is 4.39 Å². The molecule has 19 heavy (non-hydrogen) atoms. The summed E-state index contributed by atoms with van der Waals surface area (Å²) in [7, 11) is 1.86. The molecule has 0 bridgehead atoms. The van der Waals surface area contributed by atoms with Gasteiger partial charge in [0.25, 0.3) is 0 Å². The Morgan fingerprint density at radius 1 is 1.47 bits per heavy atom. The monoisotopic (exact) mass is 267 g/mol. The SMILES string of the molecule is CC(c1ccccc1F)N(C)CC(C)(C)C(=O)NN. The standard InChI is InChI=1S/C14H22FN3O/c1-10(11-7-5-6-8-12(11)15)18(4)9-14(2,3)13(19)17-16/h5-8,10H,9,16H2,1-4H3,(H,17,19). The molecule has 0 fully saturated rings. The number of hydrogen-bond acceptors (Lipinski definition) is 3. The van der Waals surface area contributed by atoms with Crippen LogP contribution >= 0.6 is 0 Å². The minimum Gasteiger partial charge on any atom is -0.298 e. The van der Waals surface area contributed by atoms with Crippen molar-refractivity contribution in [2.45, 2.75) is 26.8 Å². The zero-order chi connectivity index (χ0) is 14.6. The van der Waals surface area contributed by atoms with Crippen LogP contribution in [-0.2, 0) is 4.79 Å². The Balaban J connectivity index is 2.81. The summed E-state index contributed by atoms with van der Waals surface area (Å²) in [5, 5.41) is 0. The summed E-state index contributed by atoms with van der Waals surface area (Å²) >= 11 is 0. The molecule has 1 atom stereocenters. The van der Waals surface area contributed by atoms with Gasteiger partial charge in [0.05, 0.1) is 5.41 Å². The Bertz CT molecular complexity index is 448. The molecule has 0 aliphatic heterocycles. The normalized spacial score (nSPS) is 13.4. The van der Waals surface area contributed by atoms with E-state index in [2.05, 4.69) is 5.43 Å². The van der Waals surface area contributed by atoms with E-state index in [1.807, 2.05) is 18.9 Å². The third kappa shape index (κ3) is 3.75. The van der Waals surface area contributed by atoms with Gasteiger partial charge in [0.1, 0.15) is 5.82 Å². The molecule has 3 N–H and O–H groups in total. The first-order chi connectivity index (χ1) is 8.79. The molecule has 106 valence electrons. The molecule has 1 aromatic carbocycles. The Kier molecular flexibility index (Phi) is 5.03. The highest BCUT2D eigenvalue weighted by molar-refractivity contribution is 5.81. The molecular weight excluding hydrogens is 245 g/mol. The number of nitrogens with one attached hydrogen (secondary N) is 1. The largest absolute Gasteiger partial charge is 0.298 e. The Labute approximate surface area is 113 Å². The molecular formula is C14H22FN3O. The summed E-state index contributed by atoms with van der Waals surface area (Å²) < 4.78 is 13.7. The van der Waals surface area contributed by atoms with Crippen LogP contribution in [0.2, 0.25) is 0 Å². The van der Waals surface area contributed by atoms with Crippen molar-refractivity contribution in [3.63, 3.8) is 0 Å². The van der Waals surface area contributed by atoms with Gasteiger partial charge in [0.15, 0.2) is 0 Å². The van der Waals surface area contributed by atoms with Gasteiger partial charge in [-0.25, -0.2) is 10.2 Å². The maximum atomic E-state index is 13.7. The van der Waals surface area contributed by atoms with Crippen LogP contribution in [0.5, 0.6) is 0 Å². The quantitative estimate of drug-likeness (QED) is 0.486. The topological polar surface area (TPSA) is 58.4 Å². The molecule has 5 heteroatoms. The predicted molar refractivity (Wildman–Crippen MR) is 73.6 cm³/mol. The average Bonchev–Trinajstić information content (AvgIpc) is 2.36. The molecule has 0 aromatic heterocycles. The van der Waals surface area contributed by atoms with Crippen molar-refractivity contribution >= 4 is 5.91 Å². The predicted octanol–water partition coefficient (Wildman–Crippen LogP) is 1.83. The summed E-state index contributed by atoms with van der Waals surface area (Å²) in [5.74, 6) is 4.70. The van der Waals surface area contributed by atoms with E-state index >= 15 is 0 Å². The molecule has 1 rings (SSSR count). The molecule has 1 aromatic rings.